The second-order valence-corrected chi connectivity index (χ2v) is 3.65. The van der Waals surface area contributed by atoms with E-state index in [1.54, 1.807) is 17.8 Å². The molecule has 0 atom stereocenters. The number of carbonyl (C=O) groups is 2. The summed E-state index contributed by atoms with van der Waals surface area (Å²) in [7, 11) is 3.10. The topological polar surface area (TPSA) is 62.5 Å². The molecule has 0 radical (unpaired) electrons. The van der Waals surface area contributed by atoms with Gasteiger partial charge in [-0.3, -0.25) is 9.59 Å². The van der Waals surface area contributed by atoms with E-state index in [2.05, 4.69) is 0 Å². The van der Waals surface area contributed by atoms with Crippen molar-refractivity contribution >= 4 is 23.5 Å². The number of carboxylic acids is 1. The molecule has 0 saturated carbocycles. The number of carbonyl (C=O) groups excluding carboxylic acids is 1. The Morgan fingerprint density at radius 2 is 2.20 bits per heavy atom. The van der Waals surface area contributed by atoms with Gasteiger partial charge in [-0.2, -0.15) is 0 Å². The molecule has 1 aromatic heterocycles. The number of aromatic nitrogens is 1. The Morgan fingerprint density at radius 3 is 2.60 bits per heavy atom. The molecule has 0 saturated heterocycles. The highest BCUT2D eigenvalue weighted by Crippen LogP contribution is 2.13. The maximum atomic E-state index is 11.7. The Kier molecular flexibility index (Phi) is 3.36. The van der Waals surface area contributed by atoms with Crippen LogP contribution in [0.1, 0.15) is 10.5 Å². The summed E-state index contributed by atoms with van der Waals surface area (Å²) in [6.07, 6.45) is 1.59. The van der Waals surface area contributed by atoms with Crippen molar-refractivity contribution in [2.45, 2.75) is 0 Å². The van der Waals surface area contributed by atoms with E-state index in [1.807, 2.05) is 0 Å². The largest absolute Gasteiger partial charge is 0.480 e. The smallest absolute Gasteiger partial charge is 0.323 e. The van der Waals surface area contributed by atoms with Crippen molar-refractivity contribution in [1.29, 1.82) is 0 Å². The highest BCUT2D eigenvalue weighted by Gasteiger charge is 2.17. The summed E-state index contributed by atoms with van der Waals surface area (Å²) < 4.78 is 1.56. The number of likely N-dealkylation sites (N-methyl/N-ethyl adjacent to an activating group) is 1. The maximum absolute atomic E-state index is 11.7. The van der Waals surface area contributed by atoms with Gasteiger partial charge >= 0.3 is 5.97 Å². The van der Waals surface area contributed by atoms with Gasteiger partial charge in [0.1, 0.15) is 12.2 Å². The van der Waals surface area contributed by atoms with Gasteiger partial charge in [0.05, 0.1) is 5.02 Å². The summed E-state index contributed by atoms with van der Waals surface area (Å²) in [4.78, 5) is 23.2. The molecule has 1 N–H and O–H groups in total. The van der Waals surface area contributed by atoms with Gasteiger partial charge in [-0.05, 0) is 6.07 Å². The van der Waals surface area contributed by atoms with Crippen molar-refractivity contribution < 1.29 is 14.7 Å². The van der Waals surface area contributed by atoms with Crippen LogP contribution in [0.5, 0.6) is 0 Å². The summed E-state index contributed by atoms with van der Waals surface area (Å²) >= 11 is 5.71. The second-order valence-electron chi connectivity index (χ2n) is 3.21. The number of aryl methyl sites for hydroxylation is 1. The number of nitrogens with zero attached hydrogens (tertiary/aromatic N) is 2. The Balaban J connectivity index is 2.84. The Hall–Kier alpha value is -1.49. The first-order valence-corrected chi connectivity index (χ1v) is 4.58. The Bertz CT molecular complexity index is 400. The molecule has 0 unspecified atom stereocenters. The lowest BCUT2D eigenvalue weighted by molar-refractivity contribution is -0.137. The molecule has 15 heavy (non-hydrogen) atoms. The van der Waals surface area contributed by atoms with Crippen LogP contribution in [0, 0.1) is 0 Å². The number of rotatable bonds is 3. The van der Waals surface area contributed by atoms with Crippen molar-refractivity contribution in [2.24, 2.45) is 7.05 Å². The van der Waals surface area contributed by atoms with E-state index in [0.29, 0.717) is 10.7 Å². The predicted octanol–water partition coefficient (Wildman–Crippen LogP) is 0.835. The van der Waals surface area contributed by atoms with Crippen LogP contribution >= 0.6 is 11.6 Å². The third-order valence-corrected chi connectivity index (χ3v) is 2.12. The first-order valence-electron chi connectivity index (χ1n) is 4.21. The zero-order valence-corrected chi connectivity index (χ0v) is 9.15. The van der Waals surface area contributed by atoms with Crippen LogP contribution < -0.4 is 0 Å². The fourth-order valence-corrected chi connectivity index (χ4v) is 1.46. The number of amides is 1. The number of hydrogen-bond donors (Lipinski definition) is 1. The molecule has 0 bridgehead atoms. The lowest BCUT2D eigenvalue weighted by Crippen LogP contribution is -2.32. The minimum Gasteiger partial charge on any atom is -0.480 e. The van der Waals surface area contributed by atoms with Crippen molar-refractivity contribution in [2.75, 3.05) is 13.6 Å². The van der Waals surface area contributed by atoms with Gasteiger partial charge in [-0.25, -0.2) is 0 Å². The molecule has 1 heterocycles. The van der Waals surface area contributed by atoms with E-state index in [-0.39, 0.29) is 12.5 Å². The van der Waals surface area contributed by atoms with E-state index in [9.17, 15) is 9.59 Å². The standard InChI is InChI=1S/C9H11ClN2O3/c1-11-4-6(10)3-7(11)9(15)12(2)5-8(13)14/h3-4H,5H2,1-2H3,(H,13,14). The van der Waals surface area contributed by atoms with Crippen LogP contribution in [-0.4, -0.2) is 40.0 Å². The molecule has 82 valence electrons. The van der Waals surface area contributed by atoms with Crippen molar-refractivity contribution in [3.63, 3.8) is 0 Å². The molecule has 5 nitrogen and oxygen atoms in total. The highest BCUT2D eigenvalue weighted by atomic mass is 35.5. The third kappa shape index (κ3) is 2.73. The molecule has 0 aromatic carbocycles. The van der Waals surface area contributed by atoms with E-state index < -0.39 is 5.97 Å². The lowest BCUT2D eigenvalue weighted by atomic mass is 10.3. The molecule has 0 aliphatic rings. The predicted molar refractivity (Wildman–Crippen MR) is 55.0 cm³/mol. The van der Waals surface area contributed by atoms with Gasteiger partial charge in [-0.15, -0.1) is 0 Å². The zero-order valence-electron chi connectivity index (χ0n) is 8.40. The number of aliphatic carboxylic acids is 1. The fourth-order valence-electron chi connectivity index (χ4n) is 1.21. The van der Waals surface area contributed by atoms with Gasteiger partial charge in [-0.1, -0.05) is 11.6 Å². The normalized spacial score (nSPS) is 10.1. The second kappa shape index (κ2) is 4.35. The number of halogens is 1. The molecule has 0 aliphatic heterocycles. The third-order valence-electron chi connectivity index (χ3n) is 1.91. The van der Waals surface area contributed by atoms with Crippen molar-refractivity contribution in [3.05, 3.63) is 23.0 Å². The van der Waals surface area contributed by atoms with Crippen LogP contribution in [0.15, 0.2) is 12.3 Å². The van der Waals surface area contributed by atoms with E-state index in [0.717, 1.165) is 4.90 Å². The van der Waals surface area contributed by atoms with Crippen LogP contribution in [0.25, 0.3) is 0 Å². The van der Waals surface area contributed by atoms with E-state index >= 15 is 0 Å². The number of carboxylic acid groups (broad SMARTS) is 1. The van der Waals surface area contributed by atoms with Gasteiger partial charge in [0.15, 0.2) is 0 Å². The Morgan fingerprint density at radius 1 is 1.60 bits per heavy atom. The molecule has 0 fully saturated rings. The monoisotopic (exact) mass is 230 g/mol. The van der Waals surface area contributed by atoms with Crippen molar-refractivity contribution in [1.82, 2.24) is 9.47 Å². The minimum atomic E-state index is -1.05. The average Bonchev–Trinajstić information content (AvgIpc) is 2.42. The molecule has 1 amide bonds. The van der Waals surface area contributed by atoms with Gasteiger partial charge < -0.3 is 14.6 Å². The van der Waals surface area contributed by atoms with Crippen LogP contribution in [0.2, 0.25) is 5.02 Å². The Labute approximate surface area is 91.9 Å². The summed E-state index contributed by atoms with van der Waals surface area (Å²) in [5.74, 6) is -1.42. The first-order chi connectivity index (χ1) is 6.91. The van der Waals surface area contributed by atoms with E-state index in [1.165, 1.54) is 13.1 Å². The molecular formula is C9H11ClN2O3. The van der Waals surface area contributed by atoms with Gasteiger partial charge in [0.2, 0.25) is 0 Å². The molecule has 6 heteroatoms. The van der Waals surface area contributed by atoms with E-state index in [4.69, 9.17) is 16.7 Å². The van der Waals surface area contributed by atoms with Crippen LogP contribution in [0.4, 0.5) is 0 Å². The quantitative estimate of drug-likeness (QED) is 0.837. The highest BCUT2D eigenvalue weighted by molar-refractivity contribution is 6.31. The first kappa shape index (κ1) is 11.6. The zero-order chi connectivity index (χ0) is 11.6. The molecule has 0 aliphatic carbocycles. The SMILES string of the molecule is CN(CC(=O)O)C(=O)c1cc(Cl)cn1C. The van der Waals surface area contributed by atoms with Crippen LogP contribution in [0.3, 0.4) is 0 Å². The maximum Gasteiger partial charge on any atom is 0.323 e. The van der Waals surface area contributed by atoms with Gasteiger partial charge in [0.25, 0.3) is 5.91 Å². The summed E-state index contributed by atoms with van der Waals surface area (Å²) in [6, 6.07) is 1.50. The van der Waals surface area contributed by atoms with Crippen LogP contribution in [-0.2, 0) is 11.8 Å². The van der Waals surface area contributed by atoms with Crippen molar-refractivity contribution in [3.8, 4) is 0 Å². The summed E-state index contributed by atoms with van der Waals surface area (Å²) in [5, 5.41) is 8.98. The minimum absolute atomic E-state index is 0.332. The average molecular weight is 231 g/mol. The fraction of sp³-hybridized carbons (Fsp3) is 0.333. The molecule has 0 spiro atoms. The molecule has 1 rings (SSSR count). The lowest BCUT2D eigenvalue weighted by Gasteiger charge is -2.14. The summed E-state index contributed by atoms with van der Waals surface area (Å²) in [5.41, 5.74) is 0.365. The number of hydrogen-bond acceptors (Lipinski definition) is 2. The molecular weight excluding hydrogens is 220 g/mol. The molecule has 1 aromatic rings. The van der Waals surface area contributed by atoms with Gasteiger partial charge in [0, 0.05) is 20.3 Å². The summed E-state index contributed by atoms with van der Waals surface area (Å²) in [6.45, 7) is -0.332.